The van der Waals surface area contributed by atoms with E-state index in [-0.39, 0.29) is 0 Å². The summed E-state index contributed by atoms with van der Waals surface area (Å²) in [5, 5.41) is 7.51. The highest BCUT2D eigenvalue weighted by atomic mass is 32.2. The summed E-state index contributed by atoms with van der Waals surface area (Å²) in [6, 6.07) is 0. The van der Waals surface area contributed by atoms with E-state index in [2.05, 4.69) is 20.2 Å². The van der Waals surface area contributed by atoms with Crippen molar-refractivity contribution in [3.63, 3.8) is 0 Å². The minimum atomic E-state index is -3.92. The number of nitrogens with zero attached hydrogens (tertiary/aromatic N) is 4. The highest BCUT2D eigenvalue weighted by molar-refractivity contribution is 7.85. The van der Waals surface area contributed by atoms with Gasteiger partial charge in [-0.3, -0.25) is 0 Å². The molecule has 0 atom stereocenters. The van der Waals surface area contributed by atoms with E-state index in [1.54, 1.807) is 14.2 Å². The maximum atomic E-state index is 9.08. The molecular weight excluding hydrogens is 392 g/mol. The minimum absolute atomic E-state index is 0.604. The van der Waals surface area contributed by atoms with Gasteiger partial charge in [-0.15, -0.1) is 0 Å². The molecule has 0 aromatic rings. The van der Waals surface area contributed by atoms with Gasteiger partial charge in [-0.2, -0.15) is 0 Å². The van der Waals surface area contributed by atoms with E-state index in [9.17, 15) is 0 Å². The molecule has 0 N–H and O–H groups in total. The lowest BCUT2D eigenvalue weighted by molar-refractivity contribution is -0.599. The molecule has 0 aromatic heterocycles. The van der Waals surface area contributed by atoms with Crippen molar-refractivity contribution in [1.82, 2.24) is 0 Å². The smallest absolute Gasteiger partial charge is 0.186 e. The normalized spacial score (nSPS) is 16.1. The molecule has 2 heterocycles. The molecule has 0 spiro atoms. The van der Waals surface area contributed by atoms with Gasteiger partial charge < -0.3 is 18.8 Å². The summed E-state index contributed by atoms with van der Waals surface area (Å²) >= 11 is 0. The highest BCUT2D eigenvalue weighted by Gasteiger charge is 2.14. The average molecular weight is 421 g/mol. The van der Waals surface area contributed by atoms with Crippen LogP contribution in [-0.2, 0) is 29.9 Å². The topological polar surface area (TPSA) is 164 Å². The zero-order chi connectivity index (χ0) is 20.6. The minimum Gasteiger partial charge on any atom is -0.748 e. The van der Waals surface area contributed by atoms with Gasteiger partial charge >= 0.3 is 0 Å². The standard InChI is InChI=1S/2C5H11N2O.2CH4O3S/c2*1-8-6-7-4-2-3-5-7;2*1-5(2,3)4/h2*2-5H2,1H3;2*1H3,(H,2,3,4)/q2*+1;;/p-2. The van der Waals surface area contributed by atoms with Crippen molar-refractivity contribution in [2.75, 3.05) is 52.9 Å². The molecule has 0 unspecified atom stereocenters. The summed E-state index contributed by atoms with van der Waals surface area (Å²) in [5.74, 6) is 0. The molecule has 26 heavy (non-hydrogen) atoms. The zero-order valence-electron chi connectivity index (χ0n) is 15.5. The van der Waals surface area contributed by atoms with E-state index in [1.165, 1.54) is 25.7 Å². The van der Waals surface area contributed by atoms with Crippen LogP contribution in [-0.4, -0.2) is 88.2 Å². The van der Waals surface area contributed by atoms with Crippen LogP contribution >= 0.6 is 0 Å². The second-order valence-electron chi connectivity index (χ2n) is 5.26. The van der Waals surface area contributed by atoms with Crippen molar-refractivity contribution in [3.05, 3.63) is 0 Å². The third-order valence-corrected chi connectivity index (χ3v) is 2.56. The van der Waals surface area contributed by atoms with Crippen molar-refractivity contribution < 1.29 is 45.0 Å². The molecule has 0 radical (unpaired) electrons. The van der Waals surface area contributed by atoms with Gasteiger partial charge in [0.1, 0.15) is 14.2 Å². The van der Waals surface area contributed by atoms with Crippen LogP contribution in [0.25, 0.3) is 0 Å². The van der Waals surface area contributed by atoms with Crippen LogP contribution in [0, 0.1) is 0 Å². The van der Waals surface area contributed by atoms with Crippen molar-refractivity contribution in [2.24, 2.45) is 10.6 Å². The second kappa shape index (κ2) is 14.8. The fourth-order valence-electron chi connectivity index (χ4n) is 1.80. The summed E-state index contributed by atoms with van der Waals surface area (Å²) in [7, 11) is -4.67. The van der Waals surface area contributed by atoms with E-state index in [0.717, 1.165) is 26.2 Å². The Morgan fingerprint density at radius 2 is 0.885 bits per heavy atom. The first-order chi connectivity index (χ1) is 11.9. The van der Waals surface area contributed by atoms with Gasteiger partial charge in [0.15, 0.2) is 36.7 Å². The van der Waals surface area contributed by atoms with Gasteiger partial charge in [-0.05, 0) is 0 Å². The summed E-state index contributed by atoms with van der Waals surface area (Å²) in [6.45, 7) is 4.25. The molecule has 2 aliphatic rings. The number of rotatable bonds is 2. The largest absolute Gasteiger partial charge is 0.748 e. The van der Waals surface area contributed by atoms with Crippen LogP contribution in [0.5, 0.6) is 0 Å². The Bertz CT molecular complexity index is 544. The Hall–Kier alpha value is -1.38. The first kappa shape index (κ1) is 26.8. The first-order valence-corrected chi connectivity index (χ1v) is 11.3. The summed E-state index contributed by atoms with van der Waals surface area (Å²) in [5.41, 5.74) is 0. The molecule has 14 heteroatoms. The Balaban J connectivity index is 0. The van der Waals surface area contributed by atoms with Gasteiger partial charge in [0.2, 0.25) is 0 Å². The molecule has 0 saturated carbocycles. The average Bonchev–Trinajstić information content (AvgIpc) is 3.10. The van der Waals surface area contributed by atoms with Crippen LogP contribution in [0.4, 0.5) is 0 Å². The molecule has 0 bridgehead atoms. The van der Waals surface area contributed by atoms with E-state index in [4.69, 9.17) is 25.9 Å². The van der Waals surface area contributed by atoms with Crippen LogP contribution in [0.1, 0.15) is 25.7 Å². The third-order valence-electron chi connectivity index (χ3n) is 2.56. The van der Waals surface area contributed by atoms with E-state index < -0.39 is 20.2 Å². The lowest BCUT2D eigenvalue weighted by Crippen LogP contribution is -2.01. The van der Waals surface area contributed by atoms with Gasteiger partial charge in [-0.1, -0.05) is 9.39 Å². The van der Waals surface area contributed by atoms with Crippen molar-refractivity contribution >= 4 is 20.2 Å². The summed E-state index contributed by atoms with van der Waals surface area (Å²) < 4.78 is 58.3. The second-order valence-corrected chi connectivity index (χ2v) is 8.07. The third kappa shape index (κ3) is 30.5. The summed E-state index contributed by atoms with van der Waals surface area (Å²) in [6.07, 6.45) is 6.24. The molecule has 2 rings (SSSR count). The predicted octanol–water partition coefficient (Wildman–Crippen LogP) is -0.0646. The molecule has 12 nitrogen and oxygen atoms in total. The molecule has 0 amide bonds. The van der Waals surface area contributed by atoms with Gasteiger partial charge in [-0.25, -0.2) is 16.8 Å². The molecule has 2 saturated heterocycles. The lowest BCUT2D eigenvalue weighted by Gasteiger charge is -1.90. The predicted molar refractivity (Wildman–Crippen MR) is 88.6 cm³/mol. The van der Waals surface area contributed by atoms with Gasteiger partial charge in [0, 0.05) is 38.2 Å². The monoisotopic (exact) mass is 420 g/mol. The zero-order valence-corrected chi connectivity index (χ0v) is 17.2. The molecular formula is C12H28N4O8S2. The maximum absolute atomic E-state index is 9.08. The SMILES string of the molecule is CON=[N+]1CCCC1.CON=[N+]1CCCC1.CS(=O)(=O)[O-].CS(=O)(=O)[O-]. The molecule has 0 aliphatic carbocycles. The molecule has 156 valence electrons. The Labute approximate surface area is 154 Å². The van der Waals surface area contributed by atoms with Crippen LogP contribution in [0.15, 0.2) is 10.6 Å². The van der Waals surface area contributed by atoms with E-state index >= 15 is 0 Å². The Morgan fingerprint density at radius 3 is 1.04 bits per heavy atom. The molecule has 2 aliphatic heterocycles. The first-order valence-electron chi connectivity index (χ1n) is 7.66. The quantitative estimate of drug-likeness (QED) is 0.340. The van der Waals surface area contributed by atoms with Crippen LogP contribution < -0.4 is 0 Å². The lowest BCUT2D eigenvalue weighted by atomic mass is 10.4. The Kier molecular flexibility index (Phi) is 15.2. The highest BCUT2D eigenvalue weighted by Crippen LogP contribution is 2.01. The molecule has 2 fully saturated rings. The number of hydrogen-bond acceptors (Lipinski definition) is 10. The van der Waals surface area contributed by atoms with Gasteiger partial charge in [0.25, 0.3) is 0 Å². The van der Waals surface area contributed by atoms with Gasteiger partial charge in [0.05, 0.1) is 20.2 Å². The van der Waals surface area contributed by atoms with Crippen LogP contribution in [0.3, 0.4) is 0 Å². The fourth-order valence-corrected chi connectivity index (χ4v) is 1.80. The number of hydrogen-bond donors (Lipinski definition) is 0. The molecule has 0 aromatic carbocycles. The van der Waals surface area contributed by atoms with E-state index in [0.29, 0.717) is 12.5 Å². The maximum Gasteiger partial charge on any atom is 0.186 e. The van der Waals surface area contributed by atoms with E-state index in [1.807, 2.05) is 9.39 Å². The van der Waals surface area contributed by atoms with Crippen LogP contribution in [0.2, 0.25) is 0 Å². The Morgan fingerprint density at radius 1 is 0.692 bits per heavy atom. The fraction of sp³-hybridized carbons (Fsp3) is 1.00. The van der Waals surface area contributed by atoms with Crippen molar-refractivity contribution in [2.45, 2.75) is 25.7 Å². The van der Waals surface area contributed by atoms with Crippen molar-refractivity contribution in [1.29, 1.82) is 0 Å². The van der Waals surface area contributed by atoms with Crippen molar-refractivity contribution in [3.8, 4) is 0 Å². The summed E-state index contributed by atoms with van der Waals surface area (Å²) in [4.78, 5) is 9.15.